The van der Waals surface area contributed by atoms with E-state index in [0.717, 1.165) is 22.0 Å². The van der Waals surface area contributed by atoms with Crippen molar-refractivity contribution in [2.45, 2.75) is 70.7 Å². The molecule has 2 amide bonds. The number of hydrogen-bond donors (Lipinski definition) is 4. The first kappa shape index (κ1) is 28.7. The Morgan fingerprint density at radius 3 is 2.37 bits per heavy atom. The molecular formula is C29H38N4O5. The highest BCUT2D eigenvalue weighted by Crippen LogP contribution is 2.20. The highest BCUT2D eigenvalue weighted by atomic mass is 16.6. The van der Waals surface area contributed by atoms with Gasteiger partial charge in [-0.2, -0.15) is 0 Å². The molecule has 0 bridgehead atoms. The number of H-pyrrole nitrogens is 1. The summed E-state index contributed by atoms with van der Waals surface area (Å²) in [7, 11) is 0. The maximum absolute atomic E-state index is 13.4. The van der Waals surface area contributed by atoms with Crippen molar-refractivity contribution < 1.29 is 23.9 Å². The normalized spacial score (nSPS) is 12.9. The minimum Gasteiger partial charge on any atom is -0.459 e. The van der Waals surface area contributed by atoms with Gasteiger partial charge in [0.1, 0.15) is 24.3 Å². The fourth-order valence-corrected chi connectivity index (χ4v) is 4.03. The number of ether oxygens (including phenoxy) is 2. The second-order valence-corrected chi connectivity index (χ2v) is 10.2. The molecule has 3 aromatic rings. The Balaban J connectivity index is 1.78. The van der Waals surface area contributed by atoms with Crippen molar-refractivity contribution in [1.29, 1.82) is 0 Å². The van der Waals surface area contributed by atoms with E-state index in [9.17, 15) is 14.4 Å². The Labute approximate surface area is 223 Å². The number of para-hydroxylation sites is 1. The molecule has 0 spiro atoms. The molecule has 1 aromatic heterocycles. The molecule has 38 heavy (non-hydrogen) atoms. The molecule has 2 atom stereocenters. The van der Waals surface area contributed by atoms with Crippen LogP contribution in [0, 0.1) is 0 Å². The van der Waals surface area contributed by atoms with Crippen molar-refractivity contribution in [3.05, 3.63) is 71.9 Å². The first-order valence-corrected chi connectivity index (χ1v) is 12.9. The number of nitrogens with two attached hydrogens (primary N) is 1. The Morgan fingerprint density at radius 1 is 0.947 bits per heavy atom. The summed E-state index contributed by atoms with van der Waals surface area (Å²) in [6.07, 6.45) is 3.00. The summed E-state index contributed by atoms with van der Waals surface area (Å²) in [6.45, 7) is 5.79. The quantitative estimate of drug-likeness (QED) is 0.210. The van der Waals surface area contributed by atoms with Crippen molar-refractivity contribution in [2.75, 3.05) is 6.54 Å². The van der Waals surface area contributed by atoms with Gasteiger partial charge in [-0.25, -0.2) is 9.59 Å². The molecule has 3 rings (SSSR count). The van der Waals surface area contributed by atoms with Gasteiger partial charge in [-0.1, -0.05) is 48.5 Å². The van der Waals surface area contributed by atoms with Crippen LogP contribution in [0.25, 0.3) is 10.9 Å². The number of aromatic amines is 1. The van der Waals surface area contributed by atoms with E-state index >= 15 is 0 Å². The summed E-state index contributed by atoms with van der Waals surface area (Å²) in [5, 5.41) is 6.43. The number of aromatic nitrogens is 1. The summed E-state index contributed by atoms with van der Waals surface area (Å²) >= 11 is 0. The number of alkyl carbamates (subject to hydrolysis) is 1. The SMILES string of the molecule is CC(C)(C)OC(=O)N[C@H](CCCCN)C(=O)N[C@H](Cc1c[nH]c2ccccc12)C(=O)OCc1ccccc1. The van der Waals surface area contributed by atoms with Gasteiger partial charge in [0.05, 0.1) is 0 Å². The van der Waals surface area contributed by atoms with Crippen LogP contribution >= 0.6 is 0 Å². The topological polar surface area (TPSA) is 136 Å². The zero-order valence-electron chi connectivity index (χ0n) is 22.3. The number of carbonyl (C=O) groups is 3. The number of benzene rings is 2. The van der Waals surface area contributed by atoms with Gasteiger partial charge < -0.3 is 30.8 Å². The van der Waals surface area contributed by atoms with Gasteiger partial charge in [-0.05, 0) is 63.8 Å². The lowest BCUT2D eigenvalue weighted by Gasteiger charge is -2.25. The average Bonchev–Trinajstić information content (AvgIpc) is 3.28. The van der Waals surface area contributed by atoms with E-state index in [2.05, 4.69) is 15.6 Å². The summed E-state index contributed by atoms with van der Waals surface area (Å²) < 4.78 is 10.9. The lowest BCUT2D eigenvalue weighted by molar-refractivity contribution is -0.149. The third kappa shape index (κ3) is 8.92. The Kier molecular flexibility index (Phi) is 10.3. The molecule has 0 aliphatic heterocycles. The number of fused-ring (bicyclic) bond motifs is 1. The van der Waals surface area contributed by atoms with E-state index in [-0.39, 0.29) is 13.0 Å². The third-order valence-electron chi connectivity index (χ3n) is 5.88. The monoisotopic (exact) mass is 522 g/mol. The van der Waals surface area contributed by atoms with Crippen molar-refractivity contribution in [1.82, 2.24) is 15.6 Å². The number of amides is 2. The van der Waals surface area contributed by atoms with Gasteiger partial charge in [-0.3, -0.25) is 4.79 Å². The highest BCUT2D eigenvalue weighted by Gasteiger charge is 2.29. The van der Waals surface area contributed by atoms with Crippen LogP contribution in [0.5, 0.6) is 0 Å². The predicted octanol–water partition coefficient (Wildman–Crippen LogP) is 3.96. The van der Waals surface area contributed by atoms with Gasteiger partial charge in [0.25, 0.3) is 0 Å². The van der Waals surface area contributed by atoms with Crippen LogP contribution in [0.2, 0.25) is 0 Å². The summed E-state index contributed by atoms with van der Waals surface area (Å²) in [5.41, 5.74) is 7.53. The molecule has 204 valence electrons. The number of unbranched alkanes of at least 4 members (excludes halogenated alkanes) is 1. The number of rotatable bonds is 12. The number of nitrogens with one attached hydrogen (secondary N) is 3. The van der Waals surface area contributed by atoms with Gasteiger partial charge in [0, 0.05) is 23.5 Å². The van der Waals surface area contributed by atoms with E-state index < -0.39 is 35.7 Å². The molecular weight excluding hydrogens is 484 g/mol. The molecule has 0 radical (unpaired) electrons. The minimum absolute atomic E-state index is 0.0794. The van der Waals surface area contributed by atoms with Crippen molar-refractivity contribution >= 4 is 28.9 Å². The standard InChI is InChI=1S/C29H38N4O5/c1-29(2,3)38-28(36)33-24(15-9-10-16-30)26(34)32-25(27(35)37-19-20-11-5-4-6-12-20)17-21-18-31-23-14-8-7-13-22(21)23/h4-8,11-14,18,24-25,31H,9-10,15-17,19,30H2,1-3H3,(H,32,34)(H,33,36)/t24-,25-/m1/s1. The van der Waals surface area contributed by atoms with E-state index in [1.54, 1.807) is 20.8 Å². The van der Waals surface area contributed by atoms with Crippen molar-refractivity contribution in [3.8, 4) is 0 Å². The molecule has 0 fully saturated rings. The van der Waals surface area contributed by atoms with E-state index in [0.29, 0.717) is 25.8 Å². The van der Waals surface area contributed by atoms with Crippen LogP contribution in [0.4, 0.5) is 4.79 Å². The fraction of sp³-hybridized carbons (Fsp3) is 0.414. The second kappa shape index (κ2) is 13.6. The van der Waals surface area contributed by atoms with Gasteiger partial charge >= 0.3 is 12.1 Å². The smallest absolute Gasteiger partial charge is 0.408 e. The number of carbonyl (C=O) groups excluding carboxylic acids is 3. The number of hydrogen-bond acceptors (Lipinski definition) is 6. The van der Waals surface area contributed by atoms with E-state index in [1.165, 1.54) is 0 Å². The fourth-order valence-electron chi connectivity index (χ4n) is 4.03. The molecule has 9 heteroatoms. The maximum Gasteiger partial charge on any atom is 0.408 e. The third-order valence-corrected chi connectivity index (χ3v) is 5.88. The largest absolute Gasteiger partial charge is 0.459 e. The zero-order valence-corrected chi connectivity index (χ0v) is 22.3. The molecule has 2 aromatic carbocycles. The van der Waals surface area contributed by atoms with Gasteiger partial charge in [0.2, 0.25) is 5.91 Å². The average molecular weight is 523 g/mol. The molecule has 0 aliphatic carbocycles. The molecule has 1 heterocycles. The number of esters is 1. The van der Waals surface area contributed by atoms with Crippen LogP contribution in [0.15, 0.2) is 60.8 Å². The zero-order chi connectivity index (χ0) is 27.5. The maximum atomic E-state index is 13.4. The summed E-state index contributed by atoms with van der Waals surface area (Å²) in [4.78, 5) is 42.3. The molecule has 9 nitrogen and oxygen atoms in total. The molecule has 0 unspecified atom stereocenters. The van der Waals surface area contributed by atoms with Crippen LogP contribution < -0.4 is 16.4 Å². The predicted molar refractivity (Wildman–Crippen MR) is 146 cm³/mol. The van der Waals surface area contributed by atoms with Crippen molar-refractivity contribution in [2.24, 2.45) is 5.73 Å². The van der Waals surface area contributed by atoms with Crippen LogP contribution in [0.1, 0.15) is 51.2 Å². The van der Waals surface area contributed by atoms with Gasteiger partial charge in [0.15, 0.2) is 0 Å². The lowest BCUT2D eigenvalue weighted by atomic mass is 10.0. The molecule has 0 aliphatic rings. The van der Waals surface area contributed by atoms with Gasteiger partial charge in [-0.15, -0.1) is 0 Å². The molecule has 0 saturated heterocycles. The first-order chi connectivity index (χ1) is 18.2. The Morgan fingerprint density at radius 2 is 1.66 bits per heavy atom. The lowest BCUT2D eigenvalue weighted by Crippen LogP contribution is -2.53. The first-order valence-electron chi connectivity index (χ1n) is 12.9. The minimum atomic E-state index is -0.970. The Bertz CT molecular complexity index is 1200. The van der Waals surface area contributed by atoms with E-state index in [1.807, 2.05) is 60.8 Å². The summed E-state index contributed by atoms with van der Waals surface area (Å²) in [5.74, 6) is -1.06. The van der Waals surface area contributed by atoms with E-state index in [4.69, 9.17) is 15.2 Å². The second-order valence-electron chi connectivity index (χ2n) is 10.2. The highest BCUT2D eigenvalue weighted by molar-refractivity contribution is 5.90. The Hall–Kier alpha value is -3.85. The summed E-state index contributed by atoms with van der Waals surface area (Å²) in [6, 6.07) is 15.2. The van der Waals surface area contributed by atoms with Crippen LogP contribution in [-0.2, 0) is 32.1 Å². The molecule has 0 saturated carbocycles. The van der Waals surface area contributed by atoms with Crippen LogP contribution in [0.3, 0.4) is 0 Å². The molecule has 5 N–H and O–H groups in total. The van der Waals surface area contributed by atoms with Crippen LogP contribution in [-0.4, -0.2) is 47.2 Å². The van der Waals surface area contributed by atoms with Crippen molar-refractivity contribution in [3.63, 3.8) is 0 Å².